The molecule has 1 saturated carbocycles. The Bertz CT molecular complexity index is 217. The van der Waals surface area contributed by atoms with E-state index in [1.54, 1.807) is 7.11 Å². The monoisotopic (exact) mass is 225 g/mol. The Kier molecular flexibility index (Phi) is 5.50. The van der Waals surface area contributed by atoms with Crippen molar-refractivity contribution >= 4 is 0 Å². The Hall–Kier alpha value is -0.340. The molecule has 16 heavy (non-hydrogen) atoms. The summed E-state index contributed by atoms with van der Waals surface area (Å²) in [6, 6.07) is 0.605. The van der Waals surface area contributed by atoms with E-state index in [4.69, 9.17) is 4.84 Å². The van der Waals surface area contributed by atoms with Crippen molar-refractivity contribution in [2.75, 3.05) is 14.2 Å². The standard InChI is InChI=1S/C14H27NO/c1-11(2)10-12(3)13-6-8-14(9-7-13)15(4)16-5/h11,13-14H,3,6-10H2,1-2,4-5H3. The molecule has 0 N–H and O–H groups in total. The fourth-order valence-electron chi connectivity index (χ4n) is 2.69. The summed E-state index contributed by atoms with van der Waals surface area (Å²) in [5, 5.41) is 2.00. The van der Waals surface area contributed by atoms with Crippen LogP contribution in [0.25, 0.3) is 0 Å². The van der Waals surface area contributed by atoms with Crippen molar-refractivity contribution in [3.8, 4) is 0 Å². The van der Waals surface area contributed by atoms with Crippen molar-refractivity contribution in [1.29, 1.82) is 0 Å². The Morgan fingerprint density at radius 1 is 1.31 bits per heavy atom. The van der Waals surface area contributed by atoms with E-state index in [-0.39, 0.29) is 0 Å². The van der Waals surface area contributed by atoms with E-state index in [2.05, 4.69) is 20.4 Å². The maximum Gasteiger partial charge on any atom is 0.0575 e. The van der Waals surface area contributed by atoms with Crippen molar-refractivity contribution < 1.29 is 4.84 Å². The lowest BCUT2D eigenvalue weighted by molar-refractivity contribution is -0.149. The summed E-state index contributed by atoms with van der Waals surface area (Å²) >= 11 is 0. The van der Waals surface area contributed by atoms with Gasteiger partial charge in [0.2, 0.25) is 0 Å². The zero-order chi connectivity index (χ0) is 12.1. The van der Waals surface area contributed by atoms with Crippen molar-refractivity contribution in [2.45, 2.75) is 52.0 Å². The van der Waals surface area contributed by atoms with Gasteiger partial charge in [0.25, 0.3) is 0 Å². The van der Waals surface area contributed by atoms with Crippen LogP contribution in [0.4, 0.5) is 0 Å². The molecule has 1 aliphatic rings. The van der Waals surface area contributed by atoms with E-state index in [9.17, 15) is 0 Å². The zero-order valence-corrected chi connectivity index (χ0v) is 11.3. The molecule has 0 aromatic carbocycles. The summed E-state index contributed by atoms with van der Waals surface area (Å²) in [7, 11) is 3.79. The van der Waals surface area contributed by atoms with Gasteiger partial charge in [0.05, 0.1) is 7.11 Å². The molecule has 0 atom stereocenters. The van der Waals surface area contributed by atoms with Crippen LogP contribution in [0.15, 0.2) is 12.2 Å². The minimum atomic E-state index is 0.605. The molecule has 1 rings (SSSR count). The number of hydrogen-bond donors (Lipinski definition) is 0. The summed E-state index contributed by atoms with van der Waals surface area (Å²) in [4.78, 5) is 5.26. The first-order valence-electron chi connectivity index (χ1n) is 6.49. The first-order chi connectivity index (χ1) is 7.54. The molecule has 0 bridgehead atoms. The van der Waals surface area contributed by atoms with E-state index in [1.807, 2.05) is 12.1 Å². The van der Waals surface area contributed by atoms with Crippen molar-refractivity contribution in [2.24, 2.45) is 11.8 Å². The summed E-state index contributed by atoms with van der Waals surface area (Å²) in [6.07, 6.45) is 6.24. The number of rotatable bonds is 5. The third-order valence-electron chi connectivity index (χ3n) is 3.75. The molecule has 0 heterocycles. The molecule has 1 fully saturated rings. The molecule has 2 nitrogen and oxygen atoms in total. The molecule has 0 radical (unpaired) electrons. The van der Waals surface area contributed by atoms with Gasteiger partial charge in [-0.3, -0.25) is 0 Å². The van der Waals surface area contributed by atoms with Gasteiger partial charge in [0.15, 0.2) is 0 Å². The van der Waals surface area contributed by atoms with E-state index in [0.29, 0.717) is 6.04 Å². The van der Waals surface area contributed by atoms with Crippen LogP contribution >= 0.6 is 0 Å². The fraction of sp³-hybridized carbons (Fsp3) is 0.857. The van der Waals surface area contributed by atoms with Gasteiger partial charge in [0, 0.05) is 13.1 Å². The third-order valence-corrected chi connectivity index (χ3v) is 3.75. The topological polar surface area (TPSA) is 12.5 Å². The molecule has 94 valence electrons. The molecule has 0 unspecified atom stereocenters. The highest BCUT2D eigenvalue weighted by Crippen LogP contribution is 2.33. The molecule has 0 amide bonds. The summed E-state index contributed by atoms with van der Waals surface area (Å²) in [6.45, 7) is 8.81. The van der Waals surface area contributed by atoms with Gasteiger partial charge in [-0.2, -0.15) is 5.06 Å². The first kappa shape index (κ1) is 13.7. The minimum Gasteiger partial charge on any atom is -0.302 e. The molecule has 0 aromatic rings. The Morgan fingerprint density at radius 3 is 2.31 bits per heavy atom. The van der Waals surface area contributed by atoms with Crippen LogP contribution in [0.3, 0.4) is 0 Å². The van der Waals surface area contributed by atoms with Gasteiger partial charge in [-0.1, -0.05) is 26.0 Å². The normalized spacial score (nSPS) is 26.4. The molecular weight excluding hydrogens is 198 g/mol. The molecular formula is C14H27NO. The van der Waals surface area contributed by atoms with Gasteiger partial charge >= 0.3 is 0 Å². The molecule has 0 spiro atoms. The van der Waals surface area contributed by atoms with Gasteiger partial charge in [0.1, 0.15) is 0 Å². The first-order valence-corrected chi connectivity index (χ1v) is 6.49. The SMILES string of the molecule is C=C(CC(C)C)C1CCC(N(C)OC)CC1. The number of nitrogens with zero attached hydrogens (tertiary/aromatic N) is 1. The van der Waals surface area contributed by atoms with E-state index in [1.165, 1.54) is 37.7 Å². The quantitative estimate of drug-likeness (QED) is 0.523. The van der Waals surface area contributed by atoms with Crippen LogP contribution < -0.4 is 0 Å². The predicted molar refractivity (Wildman–Crippen MR) is 69.1 cm³/mol. The third kappa shape index (κ3) is 3.91. The number of hydroxylamine groups is 2. The van der Waals surface area contributed by atoms with Crippen LogP contribution in [0.5, 0.6) is 0 Å². The maximum atomic E-state index is 5.26. The summed E-state index contributed by atoms with van der Waals surface area (Å²) in [5.74, 6) is 1.50. The molecule has 0 saturated heterocycles. The lowest BCUT2D eigenvalue weighted by Gasteiger charge is -2.34. The van der Waals surface area contributed by atoms with Crippen molar-refractivity contribution in [1.82, 2.24) is 5.06 Å². The second-order valence-corrected chi connectivity index (χ2v) is 5.49. The van der Waals surface area contributed by atoms with Crippen molar-refractivity contribution in [3.63, 3.8) is 0 Å². The Morgan fingerprint density at radius 2 is 1.88 bits per heavy atom. The lowest BCUT2D eigenvalue weighted by Crippen LogP contribution is -2.34. The highest BCUT2D eigenvalue weighted by atomic mass is 16.7. The Balaban J connectivity index is 2.34. The van der Waals surface area contributed by atoms with Crippen LogP contribution in [0.2, 0.25) is 0 Å². The van der Waals surface area contributed by atoms with E-state index in [0.717, 1.165) is 11.8 Å². The van der Waals surface area contributed by atoms with E-state index < -0.39 is 0 Å². The number of hydrogen-bond acceptors (Lipinski definition) is 2. The lowest BCUT2D eigenvalue weighted by atomic mass is 9.79. The van der Waals surface area contributed by atoms with Gasteiger partial charge in [-0.05, 0) is 43.9 Å². The molecule has 2 heteroatoms. The van der Waals surface area contributed by atoms with E-state index >= 15 is 0 Å². The summed E-state index contributed by atoms with van der Waals surface area (Å²) in [5.41, 5.74) is 1.47. The molecule has 0 aliphatic heterocycles. The van der Waals surface area contributed by atoms with Gasteiger partial charge in [-0.15, -0.1) is 0 Å². The average Bonchev–Trinajstić information content (AvgIpc) is 2.27. The van der Waals surface area contributed by atoms with Crippen LogP contribution in [-0.4, -0.2) is 25.3 Å². The molecule has 1 aliphatic carbocycles. The highest BCUT2D eigenvalue weighted by Gasteiger charge is 2.25. The van der Waals surface area contributed by atoms with Gasteiger partial charge in [-0.25, -0.2) is 0 Å². The zero-order valence-electron chi connectivity index (χ0n) is 11.3. The van der Waals surface area contributed by atoms with Crippen LogP contribution in [0, 0.1) is 11.8 Å². The summed E-state index contributed by atoms with van der Waals surface area (Å²) < 4.78 is 0. The van der Waals surface area contributed by atoms with Crippen LogP contribution in [-0.2, 0) is 4.84 Å². The second kappa shape index (κ2) is 6.41. The highest BCUT2D eigenvalue weighted by molar-refractivity contribution is 5.03. The molecule has 0 aromatic heterocycles. The smallest absolute Gasteiger partial charge is 0.0575 e. The van der Waals surface area contributed by atoms with Gasteiger partial charge < -0.3 is 4.84 Å². The Labute approximate surface area is 101 Å². The van der Waals surface area contributed by atoms with Crippen LogP contribution in [0.1, 0.15) is 46.0 Å². The minimum absolute atomic E-state index is 0.605. The second-order valence-electron chi connectivity index (χ2n) is 5.49. The maximum absolute atomic E-state index is 5.26. The predicted octanol–water partition coefficient (Wildman–Crippen LogP) is 3.64. The number of allylic oxidation sites excluding steroid dienone is 1. The fourth-order valence-corrected chi connectivity index (χ4v) is 2.69. The van der Waals surface area contributed by atoms with Crippen molar-refractivity contribution in [3.05, 3.63) is 12.2 Å². The average molecular weight is 225 g/mol. The largest absolute Gasteiger partial charge is 0.302 e.